The van der Waals surface area contributed by atoms with Gasteiger partial charge in [0.15, 0.2) is 0 Å². The molecule has 2 rings (SSSR count). The molecule has 0 aliphatic rings. The third-order valence-electron chi connectivity index (χ3n) is 3.30. The van der Waals surface area contributed by atoms with Crippen molar-refractivity contribution in [3.05, 3.63) is 35.7 Å². The molecule has 1 aromatic heterocycles. The average Bonchev–Trinajstić information content (AvgIpc) is 2.65. The molecule has 0 radical (unpaired) electrons. The van der Waals surface area contributed by atoms with Crippen LogP contribution in [0.3, 0.4) is 0 Å². The first-order valence-electron chi connectivity index (χ1n) is 6.52. The van der Waals surface area contributed by atoms with Crippen LogP contribution in [0.4, 0.5) is 19.0 Å². The number of nitrogens with two attached hydrogens (primary N) is 1. The fraction of sp³-hybridized carbons (Fsp3) is 0.400. The summed E-state index contributed by atoms with van der Waals surface area (Å²) in [6, 6.07) is 4.88. The summed E-state index contributed by atoms with van der Waals surface area (Å²) in [5.41, 5.74) is 6.24. The molecule has 0 atom stereocenters. The van der Waals surface area contributed by atoms with E-state index in [2.05, 4.69) is 4.98 Å². The Hall–Kier alpha value is -1.98. The lowest BCUT2D eigenvalue weighted by Crippen LogP contribution is -2.17. The minimum absolute atomic E-state index is 0.201. The molecule has 21 heavy (non-hydrogen) atoms. The van der Waals surface area contributed by atoms with E-state index in [9.17, 15) is 13.2 Å². The molecule has 0 saturated carbocycles. The Morgan fingerprint density at radius 1 is 1.05 bits per heavy atom. The van der Waals surface area contributed by atoms with E-state index in [1.807, 2.05) is 20.8 Å². The van der Waals surface area contributed by atoms with Crippen molar-refractivity contribution in [2.45, 2.75) is 32.4 Å². The molecule has 1 aromatic carbocycles. The maximum absolute atomic E-state index is 12.6. The van der Waals surface area contributed by atoms with Crippen LogP contribution in [-0.2, 0) is 18.6 Å². The number of hydrogen-bond donors (Lipinski definition) is 1. The Morgan fingerprint density at radius 3 is 1.95 bits per heavy atom. The molecule has 0 amide bonds. The van der Waals surface area contributed by atoms with Crippen molar-refractivity contribution in [1.82, 2.24) is 9.55 Å². The largest absolute Gasteiger partial charge is 0.416 e. The van der Waals surface area contributed by atoms with Crippen molar-refractivity contribution in [1.29, 1.82) is 0 Å². The van der Waals surface area contributed by atoms with Gasteiger partial charge < -0.3 is 10.3 Å². The zero-order valence-corrected chi connectivity index (χ0v) is 12.4. The lowest BCUT2D eigenvalue weighted by Gasteiger charge is -2.17. The van der Waals surface area contributed by atoms with Crippen LogP contribution in [0.2, 0.25) is 0 Å². The third-order valence-corrected chi connectivity index (χ3v) is 3.30. The van der Waals surface area contributed by atoms with Gasteiger partial charge in [0.2, 0.25) is 0 Å². The predicted molar refractivity (Wildman–Crippen MR) is 76.8 cm³/mol. The van der Waals surface area contributed by atoms with Crippen LogP contribution in [0.5, 0.6) is 0 Å². The summed E-state index contributed by atoms with van der Waals surface area (Å²) in [6.07, 6.45) is -4.34. The van der Waals surface area contributed by atoms with Crippen LogP contribution in [0.1, 0.15) is 32.2 Å². The van der Waals surface area contributed by atoms with Crippen molar-refractivity contribution in [2.75, 3.05) is 5.73 Å². The highest BCUT2D eigenvalue weighted by Crippen LogP contribution is 2.34. The highest BCUT2D eigenvalue weighted by atomic mass is 19.4. The molecular formula is C15H18F3N3. The van der Waals surface area contributed by atoms with E-state index in [4.69, 9.17) is 5.73 Å². The molecule has 1 heterocycles. The molecule has 0 aliphatic carbocycles. The van der Waals surface area contributed by atoms with Crippen molar-refractivity contribution >= 4 is 5.82 Å². The summed E-state index contributed by atoms with van der Waals surface area (Å²) in [5.74, 6) is 1.23. The van der Waals surface area contributed by atoms with Gasteiger partial charge in [-0.2, -0.15) is 13.2 Å². The lowest BCUT2D eigenvalue weighted by molar-refractivity contribution is -0.137. The number of alkyl halides is 3. The van der Waals surface area contributed by atoms with E-state index in [1.54, 1.807) is 11.6 Å². The number of imidazole rings is 1. The summed E-state index contributed by atoms with van der Waals surface area (Å²) in [4.78, 5) is 4.50. The lowest BCUT2D eigenvalue weighted by atomic mass is 9.96. The fourth-order valence-electron chi connectivity index (χ4n) is 2.21. The van der Waals surface area contributed by atoms with Crippen molar-refractivity contribution in [2.24, 2.45) is 7.05 Å². The van der Waals surface area contributed by atoms with Crippen LogP contribution in [0.15, 0.2) is 24.3 Å². The highest BCUT2D eigenvalue weighted by molar-refractivity contribution is 5.71. The van der Waals surface area contributed by atoms with Gasteiger partial charge in [-0.3, -0.25) is 0 Å². The first-order valence-corrected chi connectivity index (χ1v) is 6.52. The second-order valence-corrected chi connectivity index (χ2v) is 6.05. The van der Waals surface area contributed by atoms with Gasteiger partial charge in [-0.1, -0.05) is 32.9 Å². The molecule has 2 N–H and O–H groups in total. The van der Waals surface area contributed by atoms with Crippen LogP contribution < -0.4 is 5.73 Å². The van der Waals surface area contributed by atoms with E-state index in [0.29, 0.717) is 17.1 Å². The maximum Gasteiger partial charge on any atom is 0.416 e. The van der Waals surface area contributed by atoms with Gasteiger partial charge in [0.1, 0.15) is 17.3 Å². The van der Waals surface area contributed by atoms with Crippen molar-refractivity contribution in [3.8, 4) is 11.3 Å². The molecule has 2 aromatic rings. The SMILES string of the molecule is Cn1c(C(C)(C)C)nc(-c2ccc(C(F)(F)F)cc2)c1N. The summed E-state index contributed by atoms with van der Waals surface area (Å²) >= 11 is 0. The fourth-order valence-corrected chi connectivity index (χ4v) is 2.21. The van der Waals surface area contributed by atoms with Crippen molar-refractivity contribution in [3.63, 3.8) is 0 Å². The quantitative estimate of drug-likeness (QED) is 0.865. The number of nitrogen functional groups attached to an aromatic ring is 1. The average molecular weight is 297 g/mol. The minimum atomic E-state index is -4.34. The number of benzene rings is 1. The van der Waals surface area contributed by atoms with Gasteiger partial charge in [-0.25, -0.2) is 4.98 Å². The molecule has 0 unspecified atom stereocenters. The Kier molecular flexibility index (Phi) is 3.51. The summed E-state index contributed by atoms with van der Waals surface area (Å²) in [6.45, 7) is 6.02. The standard InChI is InChI=1S/C15H18F3N3/c1-14(2,3)13-20-11(12(19)21(13)4)9-5-7-10(8-6-9)15(16,17)18/h5-8H,19H2,1-4H3. The first kappa shape index (κ1) is 15.4. The normalized spacial score (nSPS) is 12.7. The zero-order valence-electron chi connectivity index (χ0n) is 12.4. The number of rotatable bonds is 1. The Bertz CT molecular complexity index is 647. The minimum Gasteiger partial charge on any atom is -0.383 e. The van der Waals surface area contributed by atoms with Gasteiger partial charge in [0.25, 0.3) is 0 Å². The predicted octanol–water partition coefficient (Wildman–Crippen LogP) is 3.99. The molecule has 0 bridgehead atoms. The molecule has 114 valence electrons. The molecule has 0 fully saturated rings. The number of anilines is 1. The monoisotopic (exact) mass is 297 g/mol. The summed E-state index contributed by atoms with van der Waals surface area (Å²) in [5, 5.41) is 0. The second-order valence-electron chi connectivity index (χ2n) is 6.05. The molecule has 6 heteroatoms. The molecular weight excluding hydrogens is 279 g/mol. The Morgan fingerprint density at radius 2 is 1.57 bits per heavy atom. The van der Waals surface area contributed by atoms with E-state index in [0.717, 1.165) is 18.0 Å². The van der Waals surface area contributed by atoms with Crippen LogP contribution >= 0.6 is 0 Å². The van der Waals surface area contributed by atoms with Gasteiger partial charge in [0.05, 0.1) is 5.56 Å². The number of nitrogens with zero attached hydrogens (tertiary/aromatic N) is 2. The van der Waals surface area contributed by atoms with E-state index in [-0.39, 0.29) is 5.41 Å². The van der Waals surface area contributed by atoms with Gasteiger partial charge in [0, 0.05) is 18.0 Å². The molecule has 0 saturated heterocycles. The smallest absolute Gasteiger partial charge is 0.383 e. The molecule has 3 nitrogen and oxygen atoms in total. The zero-order chi connectivity index (χ0) is 16.0. The van der Waals surface area contributed by atoms with Crippen LogP contribution in [0, 0.1) is 0 Å². The first-order chi connectivity index (χ1) is 9.51. The second kappa shape index (κ2) is 4.79. The topological polar surface area (TPSA) is 43.8 Å². The Balaban J connectivity index is 2.48. The number of aromatic nitrogens is 2. The third kappa shape index (κ3) is 2.89. The van der Waals surface area contributed by atoms with Gasteiger partial charge >= 0.3 is 6.18 Å². The van der Waals surface area contributed by atoms with Gasteiger partial charge in [-0.15, -0.1) is 0 Å². The van der Waals surface area contributed by atoms with Crippen LogP contribution in [0.25, 0.3) is 11.3 Å². The van der Waals surface area contributed by atoms with E-state index < -0.39 is 11.7 Å². The summed E-state index contributed by atoms with van der Waals surface area (Å²) < 4.78 is 39.5. The highest BCUT2D eigenvalue weighted by Gasteiger charge is 2.30. The summed E-state index contributed by atoms with van der Waals surface area (Å²) in [7, 11) is 1.80. The Labute approximate surface area is 121 Å². The number of hydrogen-bond acceptors (Lipinski definition) is 2. The number of halogens is 3. The van der Waals surface area contributed by atoms with Crippen molar-refractivity contribution < 1.29 is 13.2 Å². The molecule has 0 aliphatic heterocycles. The maximum atomic E-state index is 12.6. The van der Waals surface area contributed by atoms with E-state index >= 15 is 0 Å². The molecule has 0 spiro atoms. The van der Waals surface area contributed by atoms with Gasteiger partial charge in [-0.05, 0) is 12.1 Å². The van der Waals surface area contributed by atoms with Crippen LogP contribution in [-0.4, -0.2) is 9.55 Å². The van der Waals surface area contributed by atoms with E-state index in [1.165, 1.54) is 12.1 Å².